The predicted octanol–water partition coefficient (Wildman–Crippen LogP) is 6.27. The van der Waals surface area contributed by atoms with Crippen LogP contribution in [-0.4, -0.2) is 35.4 Å². The monoisotopic (exact) mass is 475 g/mol. The van der Waals surface area contributed by atoms with Crippen molar-refractivity contribution in [3.8, 4) is 0 Å². The Bertz CT molecular complexity index is 1540. The SMILES string of the molecule is CN(CCc1ccccc1)C1CCc2oc3ccc(NC(=O)c4ccc5ccccc5n4)cc3c2C1. The molecular weight excluding hydrogens is 446 g/mol. The molecule has 2 heterocycles. The van der Waals surface area contributed by atoms with Crippen LogP contribution in [0.1, 0.15) is 33.8 Å². The van der Waals surface area contributed by atoms with Gasteiger partial charge in [0.25, 0.3) is 5.91 Å². The molecule has 0 aliphatic heterocycles. The minimum Gasteiger partial charge on any atom is -0.461 e. The standard InChI is InChI=1S/C31H29N3O2/c1-34(18-17-21-7-3-2-4-8-21)24-13-16-30-26(20-24)25-19-23(12-15-29(25)36-30)32-31(35)28-14-11-22-9-5-6-10-27(22)33-28/h2-12,14-15,19,24H,13,16-18,20H2,1H3,(H,32,35). The second-order valence-corrected chi connectivity index (χ2v) is 9.67. The number of furan rings is 1. The summed E-state index contributed by atoms with van der Waals surface area (Å²) >= 11 is 0. The first-order valence-corrected chi connectivity index (χ1v) is 12.6. The molecule has 1 aliphatic carbocycles. The number of carbonyl (C=O) groups is 1. The molecule has 0 radical (unpaired) electrons. The van der Waals surface area contributed by atoms with Crippen LogP contribution < -0.4 is 5.32 Å². The number of para-hydroxylation sites is 1. The number of fused-ring (bicyclic) bond motifs is 4. The van der Waals surface area contributed by atoms with Crippen LogP contribution in [0, 0.1) is 0 Å². The third-order valence-electron chi connectivity index (χ3n) is 7.33. The Morgan fingerprint density at radius 3 is 2.75 bits per heavy atom. The molecule has 0 saturated heterocycles. The molecule has 5 aromatic rings. The molecule has 0 bridgehead atoms. The minimum atomic E-state index is -0.212. The summed E-state index contributed by atoms with van der Waals surface area (Å²) in [5.74, 6) is 0.869. The Morgan fingerprint density at radius 1 is 1.03 bits per heavy atom. The molecule has 1 unspecified atom stereocenters. The summed E-state index contributed by atoms with van der Waals surface area (Å²) in [7, 11) is 2.23. The van der Waals surface area contributed by atoms with E-state index in [0.717, 1.165) is 65.5 Å². The molecule has 0 spiro atoms. The van der Waals surface area contributed by atoms with Crippen LogP contribution in [0.4, 0.5) is 5.69 Å². The van der Waals surface area contributed by atoms with Crippen molar-refractivity contribution in [3.63, 3.8) is 0 Å². The lowest BCUT2D eigenvalue weighted by Crippen LogP contribution is -2.37. The third kappa shape index (κ3) is 4.50. The Kier molecular flexibility index (Phi) is 5.99. The van der Waals surface area contributed by atoms with Crippen LogP contribution >= 0.6 is 0 Å². The summed E-state index contributed by atoms with van der Waals surface area (Å²) in [6, 6.07) is 28.6. The lowest BCUT2D eigenvalue weighted by Gasteiger charge is -2.31. The van der Waals surface area contributed by atoms with E-state index in [1.807, 2.05) is 48.5 Å². The normalized spacial score (nSPS) is 15.3. The number of nitrogens with one attached hydrogen (secondary N) is 1. The smallest absolute Gasteiger partial charge is 0.274 e. The molecule has 0 saturated carbocycles. The quantitative estimate of drug-likeness (QED) is 0.315. The van der Waals surface area contributed by atoms with Gasteiger partial charge in [-0.05, 0) is 62.2 Å². The summed E-state index contributed by atoms with van der Waals surface area (Å²) in [5.41, 5.74) is 5.50. The molecule has 3 aromatic carbocycles. The second kappa shape index (κ2) is 9.59. The summed E-state index contributed by atoms with van der Waals surface area (Å²) in [5, 5.41) is 5.14. The lowest BCUT2D eigenvalue weighted by molar-refractivity contribution is 0.102. The molecule has 1 atom stereocenters. The number of likely N-dealkylation sites (N-methyl/N-ethyl adjacent to an activating group) is 1. The topological polar surface area (TPSA) is 58.4 Å². The molecule has 0 fully saturated rings. The van der Waals surface area contributed by atoms with Gasteiger partial charge in [0.05, 0.1) is 5.52 Å². The van der Waals surface area contributed by atoms with Gasteiger partial charge in [0.1, 0.15) is 17.0 Å². The van der Waals surface area contributed by atoms with Crippen LogP contribution in [0.15, 0.2) is 89.3 Å². The maximum Gasteiger partial charge on any atom is 0.274 e. The molecular formula is C31H29N3O2. The number of benzene rings is 3. The maximum absolute atomic E-state index is 12.9. The number of pyridine rings is 1. The van der Waals surface area contributed by atoms with Gasteiger partial charge in [-0.25, -0.2) is 4.98 Å². The number of anilines is 1. The van der Waals surface area contributed by atoms with E-state index in [9.17, 15) is 4.79 Å². The van der Waals surface area contributed by atoms with Crippen molar-refractivity contribution in [1.29, 1.82) is 0 Å². The summed E-state index contributed by atoms with van der Waals surface area (Å²) < 4.78 is 6.20. The van der Waals surface area contributed by atoms with E-state index < -0.39 is 0 Å². The van der Waals surface area contributed by atoms with Crippen molar-refractivity contribution in [3.05, 3.63) is 108 Å². The number of aromatic nitrogens is 1. The first-order chi connectivity index (χ1) is 17.6. The average molecular weight is 476 g/mol. The molecule has 6 rings (SSSR count). The summed E-state index contributed by atoms with van der Waals surface area (Å²) in [6.07, 6.45) is 4.03. The van der Waals surface area contributed by atoms with Gasteiger partial charge in [0, 0.05) is 41.0 Å². The number of amides is 1. The van der Waals surface area contributed by atoms with E-state index in [1.165, 1.54) is 11.1 Å². The van der Waals surface area contributed by atoms with E-state index in [1.54, 1.807) is 6.07 Å². The molecule has 1 N–H and O–H groups in total. The van der Waals surface area contributed by atoms with Gasteiger partial charge in [-0.1, -0.05) is 54.6 Å². The minimum absolute atomic E-state index is 0.212. The molecule has 5 nitrogen and oxygen atoms in total. The van der Waals surface area contributed by atoms with E-state index in [4.69, 9.17) is 4.42 Å². The number of hydrogen-bond donors (Lipinski definition) is 1. The Hall–Kier alpha value is -3.96. The van der Waals surface area contributed by atoms with Crippen LogP contribution in [0.25, 0.3) is 21.9 Å². The van der Waals surface area contributed by atoms with E-state index in [0.29, 0.717) is 11.7 Å². The molecule has 36 heavy (non-hydrogen) atoms. The van der Waals surface area contributed by atoms with Gasteiger partial charge in [-0.15, -0.1) is 0 Å². The highest BCUT2D eigenvalue weighted by Gasteiger charge is 2.27. The number of hydrogen-bond acceptors (Lipinski definition) is 4. The zero-order valence-electron chi connectivity index (χ0n) is 20.4. The Morgan fingerprint density at radius 2 is 1.86 bits per heavy atom. The van der Waals surface area contributed by atoms with Crippen molar-refractivity contribution in [2.24, 2.45) is 0 Å². The van der Waals surface area contributed by atoms with E-state index in [-0.39, 0.29) is 5.91 Å². The molecule has 1 aliphatic rings. The van der Waals surface area contributed by atoms with Crippen LogP contribution in [0.3, 0.4) is 0 Å². The van der Waals surface area contributed by atoms with Gasteiger partial charge in [-0.2, -0.15) is 0 Å². The van der Waals surface area contributed by atoms with Gasteiger partial charge in [0.2, 0.25) is 0 Å². The van der Waals surface area contributed by atoms with E-state index >= 15 is 0 Å². The van der Waals surface area contributed by atoms with Gasteiger partial charge in [0.15, 0.2) is 0 Å². The predicted molar refractivity (Wildman–Crippen MR) is 144 cm³/mol. The van der Waals surface area contributed by atoms with Crippen molar-refractivity contribution in [2.75, 3.05) is 18.9 Å². The number of rotatable bonds is 6. The van der Waals surface area contributed by atoms with Crippen LogP contribution in [-0.2, 0) is 19.3 Å². The van der Waals surface area contributed by atoms with Crippen LogP contribution in [0.5, 0.6) is 0 Å². The van der Waals surface area contributed by atoms with E-state index in [2.05, 4.69) is 52.6 Å². The molecule has 2 aromatic heterocycles. The summed E-state index contributed by atoms with van der Waals surface area (Å²) in [4.78, 5) is 20.0. The van der Waals surface area contributed by atoms with Crippen molar-refractivity contribution in [2.45, 2.75) is 31.7 Å². The fraction of sp³-hybridized carbons (Fsp3) is 0.226. The van der Waals surface area contributed by atoms with Gasteiger partial charge < -0.3 is 14.6 Å². The summed E-state index contributed by atoms with van der Waals surface area (Å²) in [6.45, 7) is 1.03. The zero-order chi connectivity index (χ0) is 24.5. The molecule has 5 heteroatoms. The number of carbonyl (C=O) groups excluding carboxylic acids is 1. The fourth-order valence-corrected chi connectivity index (χ4v) is 5.23. The lowest BCUT2D eigenvalue weighted by atomic mass is 9.90. The first kappa shape index (κ1) is 22.5. The zero-order valence-corrected chi connectivity index (χ0v) is 20.4. The largest absolute Gasteiger partial charge is 0.461 e. The third-order valence-corrected chi connectivity index (χ3v) is 7.33. The maximum atomic E-state index is 12.9. The van der Waals surface area contributed by atoms with Crippen molar-refractivity contribution >= 4 is 33.5 Å². The van der Waals surface area contributed by atoms with Gasteiger partial charge >= 0.3 is 0 Å². The van der Waals surface area contributed by atoms with Crippen molar-refractivity contribution in [1.82, 2.24) is 9.88 Å². The van der Waals surface area contributed by atoms with Crippen molar-refractivity contribution < 1.29 is 9.21 Å². The average Bonchev–Trinajstić information content (AvgIpc) is 3.29. The molecule has 180 valence electrons. The number of aryl methyl sites for hydroxylation is 1. The highest BCUT2D eigenvalue weighted by atomic mass is 16.3. The fourth-order valence-electron chi connectivity index (χ4n) is 5.23. The van der Waals surface area contributed by atoms with Gasteiger partial charge in [-0.3, -0.25) is 4.79 Å². The number of nitrogens with zero attached hydrogens (tertiary/aromatic N) is 2. The second-order valence-electron chi connectivity index (χ2n) is 9.67. The Labute approximate surface area is 210 Å². The van der Waals surface area contributed by atoms with Crippen LogP contribution in [0.2, 0.25) is 0 Å². The first-order valence-electron chi connectivity index (χ1n) is 12.6. The highest BCUT2D eigenvalue weighted by molar-refractivity contribution is 6.05. The Balaban J connectivity index is 1.19. The molecule has 1 amide bonds. The highest BCUT2D eigenvalue weighted by Crippen LogP contribution is 2.35.